The third-order valence-electron chi connectivity index (χ3n) is 2.96. The predicted octanol–water partition coefficient (Wildman–Crippen LogP) is 0.125. The molecule has 1 aliphatic heterocycles. The van der Waals surface area contributed by atoms with E-state index in [0.717, 1.165) is 5.56 Å². The Morgan fingerprint density at radius 1 is 1.30 bits per heavy atom. The highest BCUT2D eigenvalue weighted by atomic mass is 16.5. The number of esters is 1. The lowest BCUT2D eigenvalue weighted by Gasteiger charge is -2.10. The van der Waals surface area contributed by atoms with Crippen molar-refractivity contribution in [3.63, 3.8) is 0 Å². The molecule has 1 saturated heterocycles. The zero-order chi connectivity index (χ0) is 14.4. The maximum Gasteiger partial charge on any atom is 0.329 e. The average Bonchev–Trinajstić information content (AvgIpc) is 2.90. The van der Waals surface area contributed by atoms with Gasteiger partial charge in [0.05, 0.1) is 0 Å². The van der Waals surface area contributed by atoms with Gasteiger partial charge in [0.1, 0.15) is 6.04 Å². The molecule has 0 aromatic heterocycles. The van der Waals surface area contributed by atoms with Crippen LogP contribution in [0.3, 0.4) is 0 Å². The third kappa shape index (κ3) is 4.08. The smallest absolute Gasteiger partial charge is 0.329 e. The van der Waals surface area contributed by atoms with Crippen molar-refractivity contribution in [1.29, 1.82) is 0 Å². The molecule has 6 nitrogen and oxygen atoms in total. The lowest BCUT2D eigenvalue weighted by atomic mass is 10.2. The Balaban J connectivity index is 1.67. The van der Waals surface area contributed by atoms with Crippen LogP contribution >= 0.6 is 0 Å². The predicted molar refractivity (Wildman–Crippen MR) is 70.4 cm³/mol. The summed E-state index contributed by atoms with van der Waals surface area (Å²) >= 11 is 0. The second-order valence-electron chi connectivity index (χ2n) is 4.53. The Morgan fingerprint density at radius 2 is 2.05 bits per heavy atom. The summed E-state index contributed by atoms with van der Waals surface area (Å²) < 4.78 is 4.86. The van der Waals surface area contributed by atoms with E-state index in [2.05, 4.69) is 10.6 Å². The van der Waals surface area contributed by atoms with Gasteiger partial charge in [-0.1, -0.05) is 30.3 Å². The van der Waals surface area contributed by atoms with Crippen molar-refractivity contribution in [3.8, 4) is 0 Å². The molecule has 1 heterocycles. The van der Waals surface area contributed by atoms with Gasteiger partial charge in [-0.05, 0) is 12.0 Å². The fourth-order valence-corrected chi connectivity index (χ4v) is 1.88. The van der Waals surface area contributed by atoms with E-state index in [1.165, 1.54) is 0 Å². The van der Waals surface area contributed by atoms with E-state index < -0.39 is 12.0 Å². The number of carbonyl (C=O) groups excluding carboxylic acids is 3. The van der Waals surface area contributed by atoms with E-state index in [1.54, 1.807) is 0 Å². The van der Waals surface area contributed by atoms with Crippen molar-refractivity contribution in [2.75, 3.05) is 6.61 Å². The molecule has 0 bridgehead atoms. The molecule has 0 radical (unpaired) electrons. The first-order chi connectivity index (χ1) is 9.65. The summed E-state index contributed by atoms with van der Waals surface area (Å²) in [5.41, 5.74) is 0.968. The zero-order valence-electron chi connectivity index (χ0n) is 10.9. The number of hydrogen-bond acceptors (Lipinski definition) is 4. The summed E-state index contributed by atoms with van der Waals surface area (Å²) in [7, 11) is 0. The molecule has 1 aliphatic rings. The van der Waals surface area contributed by atoms with Crippen LogP contribution in [-0.4, -0.2) is 30.4 Å². The molecule has 0 spiro atoms. The van der Waals surface area contributed by atoms with Gasteiger partial charge in [0, 0.05) is 13.0 Å². The van der Waals surface area contributed by atoms with E-state index in [0.29, 0.717) is 19.4 Å². The van der Waals surface area contributed by atoms with Crippen molar-refractivity contribution in [2.45, 2.75) is 25.4 Å². The minimum absolute atomic E-state index is 0.166. The number of amides is 2. The molecular weight excluding hydrogens is 260 g/mol. The first-order valence-electron chi connectivity index (χ1n) is 6.42. The lowest BCUT2D eigenvalue weighted by Crippen LogP contribution is -2.37. The van der Waals surface area contributed by atoms with E-state index in [9.17, 15) is 14.4 Å². The monoisotopic (exact) mass is 276 g/mol. The Hall–Kier alpha value is -2.37. The Bertz CT molecular complexity index is 501. The number of carbonyl (C=O) groups is 3. The van der Waals surface area contributed by atoms with Crippen molar-refractivity contribution in [3.05, 3.63) is 35.9 Å². The Kier molecular flexibility index (Phi) is 4.70. The van der Waals surface area contributed by atoms with Crippen molar-refractivity contribution in [2.24, 2.45) is 0 Å². The minimum Gasteiger partial charge on any atom is -0.454 e. The van der Waals surface area contributed by atoms with Gasteiger partial charge in [-0.3, -0.25) is 9.59 Å². The molecule has 1 atom stereocenters. The van der Waals surface area contributed by atoms with Crippen molar-refractivity contribution >= 4 is 17.8 Å². The quantitative estimate of drug-likeness (QED) is 0.748. The summed E-state index contributed by atoms with van der Waals surface area (Å²) in [5, 5.41) is 5.14. The molecule has 1 aromatic rings. The number of ether oxygens (including phenoxy) is 1. The molecule has 1 fully saturated rings. The normalized spacial score (nSPS) is 17.4. The Morgan fingerprint density at radius 3 is 2.70 bits per heavy atom. The van der Waals surface area contributed by atoms with Gasteiger partial charge in [0.15, 0.2) is 6.61 Å². The van der Waals surface area contributed by atoms with Crippen LogP contribution in [0.1, 0.15) is 18.4 Å². The molecule has 106 valence electrons. The molecule has 20 heavy (non-hydrogen) atoms. The van der Waals surface area contributed by atoms with E-state index in [4.69, 9.17) is 4.74 Å². The summed E-state index contributed by atoms with van der Waals surface area (Å²) in [5.74, 6) is -1.10. The molecule has 0 saturated carbocycles. The topological polar surface area (TPSA) is 84.5 Å². The van der Waals surface area contributed by atoms with Crippen LogP contribution in [0.4, 0.5) is 0 Å². The summed E-state index contributed by atoms with van der Waals surface area (Å²) in [4.78, 5) is 34.0. The van der Waals surface area contributed by atoms with Gasteiger partial charge in [0.2, 0.25) is 5.91 Å². The molecule has 0 aliphatic carbocycles. The van der Waals surface area contributed by atoms with Crippen LogP contribution in [0.2, 0.25) is 0 Å². The zero-order valence-corrected chi connectivity index (χ0v) is 10.9. The van der Waals surface area contributed by atoms with E-state index in [-0.39, 0.29) is 18.4 Å². The fraction of sp³-hybridized carbons (Fsp3) is 0.357. The second-order valence-corrected chi connectivity index (χ2v) is 4.53. The van der Waals surface area contributed by atoms with E-state index in [1.807, 2.05) is 30.3 Å². The Labute approximate surface area is 116 Å². The van der Waals surface area contributed by atoms with Gasteiger partial charge in [0.25, 0.3) is 5.91 Å². The standard InChI is InChI=1S/C14H16N2O4/c17-12-7-6-11(16-12)14(19)20-9-13(18)15-8-10-4-2-1-3-5-10/h1-5,11H,6-9H2,(H,15,18)(H,16,17)/t11-/m1/s1. The van der Waals surface area contributed by atoms with Crippen LogP contribution in [0.5, 0.6) is 0 Å². The van der Waals surface area contributed by atoms with Gasteiger partial charge < -0.3 is 15.4 Å². The van der Waals surface area contributed by atoms with Gasteiger partial charge in [-0.2, -0.15) is 0 Å². The van der Waals surface area contributed by atoms with E-state index >= 15 is 0 Å². The van der Waals surface area contributed by atoms with Gasteiger partial charge in [-0.15, -0.1) is 0 Å². The van der Waals surface area contributed by atoms with Gasteiger partial charge >= 0.3 is 5.97 Å². The van der Waals surface area contributed by atoms with Crippen molar-refractivity contribution < 1.29 is 19.1 Å². The summed E-state index contributed by atoms with van der Waals surface area (Å²) in [6.45, 7) is 0.0510. The second kappa shape index (κ2) is 6.70. The van der Waals surface area contributed by atoms with Crippen molar-refractivity contribution in [1.82, 2.24) is 10.6 Å². The number of benzene rings is 1. The summed E-state index contributed by atoms with van der Waals surface area (Å²) in [6, 6.07) is 8.81. The molecule has 0 unspecified atom stereocenters. The molecular formula is C14H16N2O4. The highest BCUT2D eigenvalue weighted by molar-refractivity contribution is 5.89. The minimum atomic E-state index is -0.621. The average molecular weight is 276 g/mol. The van der Waals surface area contributed by atoms with Crippen LogP contribution in [-0.2, 0) is 25.7 Å². The SMILES string of the molecule is O=C(COC(=O)[C@H]1CCC(=O)N1)NCc1ccccc1. The lowest BCUT2D eigenvalue weighted by molar-refractivity contribution is -0.150. The first kappa shape index (κ1) is 14.0. The third-order valence-corrected chi connectivity index (χ3v) is 2.96. The largest absolute Gasteiger partial charge is 0.454 e. The number of rotatable bonds is 5. The van der Waals surface area contributed by atoms with Crippen LogP contribution < -0.4 is 10.6 Å². The van der Waals surface area contributed by atoms with Gasteiger partial charge in [-0.25, -0.2) is 4.79 Å². The van der Waals surface area contributed by atoms with Crippen LogP contribution in [0.25, 0.3) is 0 Å². The maximum atomic E-state index is 11.6. The molecule has 1 aromatic carbocycles. The number of hydrogen-bond donors (Lipinski definition) is 2. The highest BCUT2D eigenvalue weighted by Gasteiger charge is 2.28. The first-order valence-corrected chi connectivity index (χ1v) is 6.42. The molecule has 6 heteroatoms. The molecule has 2 rings (SSSR count). The summed E-state index contributed by atoms with van der Waals surface area (Å²) in [6.07, 6.45) is 0.739. The fourth-order valence-electron chi connectivity index (χ4n) is 1.88. The molecule has 2 N–H and O–H groups in total. The number of nitrogens with one attached hydrogen (secondary N) is 2. The highest BCUT2D eigenvalue weighted by Crippen LogP contribution is 2.07. The maximum absolute atomic E-state index is 11.6. The van der Waals surface area contributed by atoms with Crippen LogP contribution in [0.15, 0.2) is 30.3 Å². The molecule has 2 amide bonds. The van der Waals surface area contributed by atoms with Crippen LogP contribution in [0, 0.1) is 0 Å².